The van der Waals surface area contributed by atoms with Crippen molar-refractivity contribution >= 4 is 28.9 Å². The molecule has 1 rings (SSSR count). The van der Waals surface area contributed by atoms with Crippen molar-refractivity contribution in [3.05, 3.63) is 28.8 Å². The highest BCUT2D eigenvalue weighted by Gasteiger charge is 2.13. The molecule has 0 aliphatic rings. The van der Waals surface area contributed by atoms with Gasteiger partial charge in [0.1, 0.15) is 0 Å². The van der Waals surface area contributed by atoms with Gasteiger partial charge in [0.15, 0.2) is 0 Å². The van der Waals surface area contributed by atoms with Gasteiger partial charge in [-0.15, -0.1) is 11.6 Å². The molecule has 0 heterocycles. The zero-order valence-electron chi connectivity index (χ0n) is 12.8. The molecule has 0 N–H and O–H groups in total. The maximum absolute atomic E-state index is 6.37. The minimum Gasteiger partial charge on any atom is -0.370 e. The van der Waals surface area contributed by atoms with Crippen LogP contribution in [0.15, 0.2) is 18.2 Å². The minimum atomic E-state index is 0.502. The van der Waals surface area contributed by atoms with E-state index in [0.29, 0.717) is 5.88 Å². The highest BCUT2D eigenvalue weighted by atomic mass is 35.5. The summed E-state index contributed by atoms with van der Waals surface area (Å²) in [4.78, 5) is 4.78. The smallest absolute Gasteiger partial charge is 0.0642 e. The largest absolute Gasteiger partial charge is 0.370 e. The Kier molecular flexibility index (Phi) is 8.35. The van der Waals surface area contributed by atoms with E-state index in [2.05, 4.69) is 36.6 Å². The normalized spacial score (nSPS) is 11.1. The van der Waals surface area contributed by atoms with Gasteiger partial charge in [0.05, 0.1) is 10.7 Å². The van der Waals surface area contributed by atoms with Crippen LogP contribution in [0.5, 0.6) is 0 Å². The topological polar surface area (TPSA) is 6.48 Å². The lowest BCUT2D eigenvalue weighted by atomic mass is 10.1. The zero-order chi connectivity index (χ0) is 15.0. The molecule has 4 heteroatoms. The maximum atomic E-state index is 6.37. The second kappa shape index (κ2) is 9.49. The number of alkyl halides is 1. The van der Waals surface area contributed by atoms with Crippen LogP contribution in [0.3, 0.4) is 0 Å². The molecule has 0 aromatic heterocycles. The molecule has 0 aliphatic carbocycles. The molecular weight excluding hydrogens is 291 g/mol. The van der Waals surface area contributed by atoms with Crippen LogP contribution in [0, 0.1) is 0 Å². The fourth-order valence-electron chi connectivity index (χ4n) is 2.48. The van der Waals surface area contributed by atoms with Crippen LogP contribution >= 0.6 is 23.2 Å². The first-order valence-corrected chi connectivity index (χ1v) is 8.39. The third-order valence-corrected chi connectivity index (χ3v) is 4.30. The summed E-state index contributed by atoms with van der Waals surface area (Å²) in [7, 11) is 0. The number of hydrogen-bond donors (Lipinski definition) is 0. The summed E-state index contributed by atoms with van der Waals surface area (Å²) >= 11 is 12.4. The first-order valence-electron chi connectivity index (χ1n) is 7.48. The van der Waals surface area contributed by atoms with Gasteiger partial charge in [-0.2, -0.15) is 0 Å². The summed E-state index contributed by atoms with van der Waals surface area (Å²) in [5.41, 5.74) is 2.22. The van der Waals surface area contributed by atoms with E-state index in [1.54, 1.807) is 0 Å². The van der Waals surface area contributed by atoms with E-state index >= 15 is 0 Å². The van der Waals surface area contributed by atoms with Crippen molar-refractivity contribution in [3.63, 3.8) is 0 Å². The molecule has 0 saturated heterocycles. The Morgan fingerprint density at radius 1 is 1.00 bits per heavy atom. The first-order chi connectivity index (χ1) is 9.67. The summed E-state index contributed by atoms with van der Waals surface area (Å²) in [6.07, 6.45) is 1.14. The molecule has 0 bridgehead atoms. The zero-order valence-corrected chi connectivity index (χ0v) is 14.3. The molecule has 0 radical (unpaired) electrons. The van der Waals surface area contributed by atoms with E-state index in [0.717, 1.165) is 55.4 Å². The van der Waals surface area contributed by atoms with Gasteiger partial charge < -0.3 is 9.80 Å². The van der Waals surface area contributed by atoms with E-state index in [4.69, 9.17) is 23.2 Å². The lowest BCUT2D eigenvalue weighted by Crippen LogP contribution is -2.30. The Morgan fingerprint density at radius 2 is 1.70 bits per heavy atom. The standard InChI is InChI=1S/C16H26Cl2N2/c1-4-19(5-2)11-8-12-20(6-3)16-14(13-17)9-7-10-15(16)18/h7,9-10H,4-6,8,11-13H2,1-3H3. The predicted octanol–water partition coefficient (Wildman–Crippen LogP) is 4.64. The summed E-state index contributed by atoms with van der Waals surface area (Å²) in [5, 5.41) is 0.799. The fraction of sp³-hybridized carbons (Fsp3) is 0.625. The van der Waals surface area contributed by atoms with Gasteiger partial charge in [-0.25, -0.2) is 0 Å². The Morgan fingerprint density at radius 3 is 2.25 bits per heavy atom. The number of rotatable bonds is 9. The molecule has 0 fully saturated rings. The van der Waals surface area contributed by atoms with Gasteiger partial charge in [-0.05, 0) is 44.6 Å². The van der Waals surface area contributed by atoms with E-state index in [1.807, 2.05) is 12.1 Å². The predicted molar refractivity (Wildman–Crippen MR) is 91.3 cm³/mol. The molecule has 114 valence electrons. The van der Waals surface area contributed by atoms with Crippen molar-refractivity contribution in [2.45, 2.75) is 33.1 Å². The second-order valence-corrected chi connectivity index (χ2v) is 5.52. The van der Waals surface area contributed by atoms with Crippen molar-refractivity contribution in [1.82, 2.24) is 4.90 Å². The van der Waals surface area contributed by atoms with Crippen LogP contribution in [0.1, 0.15) is 32.8 Å². The molecule has 0 spiro atoms. The quantitative estimate of drug-likeness (QED) is 0.612. The van der Waals surface area contributed by atoms with E-state index in [9.17, 15) is 0 Å². The molecule has 0 saturated carbocycles. The van der Waals surface area contributed by atoms with Crippen LogP contribution in [0.2, 0.25) is 5.02 Å². The number of benzene rings is 1. The Balaban J connectivity index is 2.71. The molecule has 0 amide bonds. The monoisotopic (exact) mass is 316 g/mol. The van der Waals surface area contributed by atoms with Crippen molar-refractivity contribution in [3.8, 4) is 0 Å². The van der Waals surface area contributed by atoms with E-state index in [-0.39, 0.29) is 0 Å². The summed E-state index contributed by atoms with van der Waals surface area (Å²) in [5.74, 6) is 0.502. The molecule has 1 aromatic rings. The minimum absolute atomic E-state index is 0.502. The Bertz CT molecular complexity index is 392. The highest BCUT2D eigenvalue weighted by Crippen LogP contribution is 2.31. The van der Waals surface area contributed by atoms with Gasteiger partial charge in [-0.3, -0.25) is 0 Å². The number of nitrogens with zero attached hydrogens (tertiary/aromatic N) is 2. The molecule has 0 aliphatic heterocycles. The summed E-state index contributed by atoms with van der Waals surface area (Å²) in [6.45, 7) is 11.9. The number of hydrogen-bond acceptors (Lipinski definition) is 2. The van der Waals surface area contributed by atoms with Crippen LogP contribution in [0.4, 0.5) is 5.69 Å². The molecule has 20 heavy (non-hydrogen) atoms. The van der Waals surface area contributed by atoms with Crippen molar-refractivity contribution in [1.29, 1.82) is 0 Å². The second-order valence-electron chi connectivity index (χ2n) is 4.84. The van der Waals surface area contributed by atoms with Crippen molar-refractivity contribution in [2.75, 3.05) is 37.6 Å². The maximum Gasteiger partial charge on any atom is 0.0642 e. The third kappa shape index (κ3) is 4.83. The molecule has 1 aromatic carbocycles. The van der Waals surface area contributed by atoms with Gasteiger partial charge in [0, 0.05) is 19.0 Å². The number of halogens is 2. The first kappa shape index (κ1) is 17.6. The fourth-order valence-corrected chi connectivity index (χ4v) is 3.00. The van der Waals surface area contributed by atoms with Crippen molar-refractivity contribution in [2.24, 2.45) is 0 Å². The van der Waals surface area contributed by atoms with Gasteiger partial charge >= 0.3 is 0 Å². The Labute approximate surface area is 133 Å². The average Bonchev–Trinajstić information content (AvgIpc) is 2.48. The van der Waals surface area contributed by atoms with Crippen LogP contribution < -0.4 is 4.90 Å². The van der Waals surface area contributed by atoms with Gasteiger partial charge in [-0.1, -0.05) is 37.6 Å². The van der Waals surface area contributed by atoms with Gasteiger partial charge in [0.25, 0.3) is 0 Å². The lowest BCUT2D eigenvalue weighted by molar-refractivity contribution is 0.301. The van der Waals surface area contributed by atoms with Crippen molar-refractivity contribution < 1.29 is 0 Å². The highest BCUT2D eigenvalue weighted by molar-refractivity contribution is 6.33. The third-order valence-electron chi connectivity index (χ3n) is 3.71. The molecule has 0 unspecified atom stereocenters. The number of para-hydroxylation sites is 1. The SMILES string of the molecule is CCN(CC)CCCN(CC)c1c(Cl)cccc1CCl. The summed E-state index contributed by atoms with van der Waals surface area (Å²) in [6, 6.07) is 5.97. The molecule has 2 nitrogen and oxygen atoms in total. The molecule has 0 atom stereocenters. The average molecular weight is 317 g/mol. The van der Waals surface area contributed by atoms with Crippen LogP contribution in [0.25, 0.3) is 0 Å². The number of anilines is 1. The van der Waals surface area contributed by atoms with Crippen LogP contribution in [-0.2, 0) is 5.88 Å². The van der Waals surface area contributed by atoms with Gasteiger partial charge in [0.2, 0.25) is 0 Å². The van der Waals surface area contributed by atoms with E-state index in [1.165, 1.54) is 0 Å². The summed E-state index contributed by atoms with van der Waals surface area (Å²) < 4.78 is 0. The Hall–Kier alpha value is -0.440. The van der Waals surface area contributed by atoms with E-state index < -0.39 is 0 Å². The molecular formula is C16H26Cl2N2. The lowest BCUT2D eigenvalue weighted by Gasteiger charge is -2.28. The van der Waals surface area contributed by atoms with Crippen LogP contribution in [-0.4, -0.2) is 37.6 Å².